The van der Waals surface area contributed by atoms with Crippen LogP contribution in [-0.4, -0.2) is 37.2 Å². The topological polar surface area (TPSA) is 78.9 Å². The van der Waals surface area contributed by atoms with E-state index < -0.39 is 6.10 Å². The SMILES string of the molecule is CC/C=C\C/C=C\C/C=C\C/C=C\C/C=C\C/C=C\C/C=C\CCCCCC(=O)OCC(COC(=O)CCCCCCC/C=C\C/C=C\CCCCC)OC(=O)CCCCCCCC/C=C\C/C=C\C/C=C\C/C=C\CC. The summed E-state index contributed by atoms with van der Waals surface area (Å²) in [5, 5.41) is 0. The van der Waals surface area contributed by atoms with Crippen LogP contribution in [0.4, 0.5) is 0 Å². The van der Waals surface area contributed by atoms with Crippen LogP contribution in [0.3, 0.4) is 0 Å². The summed E-state index contributed by atoms with van der Waals surface area (Å²) in [7, 11) is 0. The van der Waals surface area contributed by atoms with Gasteiger partial charge in [0, 0.05) is 19.3 Å². The second-order valence-corrected chi connectivity index (χ2v) is 19.8. The Hall–Kier alpha value is -4.97. The summed E-state index contributed by atoms with van der Waals surface area (Å²) < 4.78 is 16.9. The number of hydrogen-bond donors (Lipinski definition) is 0. The molecule has 0 rings (SSSR count). The zero-order valence-electron chi connectivity index (χ0n) is 49.4. The summed E-state index contributed by atoms with van der Waals surface area (Å²) in [6.07, 6.45) is 92.3. The predicted molar refractivity (Wildman–Crippen MR) is 334 cm³/mol. The third-order valence-electron chi connectivity index (χ3n) is 12.5. The molecule has 1 unspecified atom stereocenters. The van der Waals surface area contributed by atoms with Crippen LogP contribution in [0.2, 0.25) is 0 Å². The van der Waals surface area contributed by atoms with Crippen molar-refractivity contribution < 1.29 is 28.6 Å². The smallest absolute Gasteiger partial charge is 0.306 e. The average molecular weight is 1060 g/mol. The molecule has 0 aromatic rings. The average Bonchev–Trinajstić information content (AvgIpc) is 3.43. The van der Waals surface area contributed by atoms with Crippen LogP contribution in [0, 0.1) is 0 Å². The van der Waals surface area contributed by atoms with Crippen molar-refractivity contribution in [1.82, 2.24) is 0 Å². The first-order chi connectivity index (χ1) is 38.0. The van der Waals surface area contributed by atoms with Gasteiger partial charge in [0.25, 0.3) is 0 Å². The van der Waals surface area contributed by atoms with Gasteiger partial charge in [-0.25, -0.2) is 0 Å². The third-order valence-corrected chi connectivity index (χ3v) is 12.5. The van der Waals surface area contributed by atoms with Gasteiger partial charge in [-0.2, -0.15) is 0 Å². The molecule has 77 heavy (non-hydrogen) atoms. The zero-order chi connectivity index (χ0) is 55.7. The molecule has 0 radical (unpaired) electrons. The van der Waals surface area contributed by atoms with E-state index in [2.05, 4.69) is 179 Å². The van der Waals surface area contributed by atoms with Gasteiger partial charge in [0.2, 0.25) is 0 Å². The van der Waals surface area contributed by atoms with E-state index in [-0.39, 0.29) is 31.1 Å². The maximum Gasteiger partial charge on any atom is 0.306 e. The fourth-order valence-electron chi connectivity index (χ4n) is 7.91. The summed E-state index contributed by atoms with van der Waals surface area (Å²) in [5.41, 5.74) is 0. The van der Waals surface area contributed by atoms with Gasteiger partial charge >= 0.3 is 17.9 Å². The Morgan fingerprint density at radius 3 is 0.805 bits per heavy atom. The summed E-state index contributed by atoms with van der Waals surface area (Å²) in [6.45, 7) is 6.33. The Kier molecular flexibility index (Phi) is 59.5. The molecule has 6 heteroatoms. The fraction of sp³-hybridized carbons (Fsp3) is 0.592. The molecule has 0 aromatic heterocycles. The van der Waals surface area contributed by atoms with Crippen molar-refractivity contribution in [2.75, 3.05) is 13.2 Å². The number of esters is 3. The minimum atomic E-state index is -0.815. The Morgan fingerprint density at radius 2 is 0.506 bits per heavy atom. The molecule has 0 fully saturated rings. The number of allylic oxidation sites excluding steroid dienone is 26. The van der Waals surface area contributed by atoms with Crippen molar-refractivity contribution in [2.45, 2.75) is 258 Å². The van der Waals surface area contributed by atoms with Crippen LogP contribution in [0.5, 0.6) is 0 Å². The lowest BCUT2D eigenvalue weighted by Crippen LogP contribution is -2.30. The van der Waals surface area contributed by atoms with Crippen LogP contribution in [0.15, 0.2) is 158 Å². The lowest BCUT2D eigenvalue weighted by atomic mass is 10.1. The number of carbonyl (C=O) groups excluding carboxylic acids is 3. The minimum absolute atomic E-state index is 0.109. The second-order valence-electron chi connectivity index (χ2n) is 19.8. The maximum atomic E-state index is 12.9. The summed E-state index contributed by atoms with van der Waals surface area (Å²) >= 11 is 0. The quantitative estimate of drug-likeness (QED) is 0.0261. The van der Waals surface area contributed by atoms with Crippen molar-refractivity contribution in [3.63, 3.8) is 0 Å². The zero-order valence-corrected chi connectivity index (χ0v) is 49.4. The Labute approximate surface area is 473 Å². The Morgan fingerprint density at radius 1 is 0.273 bits per heavy atom. The highest BCUT2D eigenvalue weighted by Crippen LogP contribution is 2.13. The number of hydrogen-bond acceptors (Lipinski definition) is 6. The van der Waals surface area contributed by atoms with Gasteiger partial charge in [-0.3, -0.25) is 14.4 Å². The predicted octanol–water partition coefficient (Wildman–Crippen LogP) is 21.3. The maximum absolute atomic E-state index is 12.9. The van der Waals surface area contributed by atoms with Crippen molar-refractivity contribution in [2.24, 2.45) is 0 Å². The molecule has 0 amide bonds. The molecular weight excluding hydrogens is 949 g/mol. The number of carbonyl (C=O) groups is 3. The standard InChI is InChI=1S/C71H112O6/c1-4-7-10-13-16-19-22-25-28-30-32-33-34-35-36-37-39-40-43-46-49-52-55-58-61-64-70(73)76-67-68(66-75-69(72)63-60-57-54-51-48-45-42-27-24-21-18-15-12-9-6-3)77-71(74)65-62-59-56-53-50-47-44-41-38-31-29-26-23-20-17-14-11-8-5-2/h7-8,10-11,16-21,25-29,32-33,35-36,38-42,46,49,68H,4-6,9,12-15,22-24,30-31,34,37,43-45,47-48,50-67H2,1-3H3/b10-7-,11-8-,19-16-,20-17-,21-18-,28-25-,29-26-,33-32-,36-35-,40-39-,41-38-,42-27-,49-46-. The van der Waals surface area contributed by atoms with Crippen LogP contribution < -0.4 is 0 Å². The molecule has 0 aliphatic rings. The first kappa shape index (κ1) is 72.0. The molecule has 0 aliphatic heterocycles. The molecule has 0 aliphatic carbocycles. The van der Waals surface area contributed by atoms with E-state index in [0.29, 0.717) is 19.3 Å². The van der Waals surface area contributed by atoms with Crippen LogP contribution in [0.25, 0.3) is 0 Å². The lowest BCUT2D eigenvalue weighted by molar-refractivity contribution is -0.167. The van der Waals surface area contributed by atoms with E-state index in [1.165, 1.54) is 38.5 Å². The fourth-order valence-corrected chi connectivity index (χ4v) is 7.91. The highest BCUT2D eigenvalue weighted by atomic mass is 16.6. The van der Waals surface area contributed by atoms with Gasteiger partial charge < -0.3 is 14.2 Å². The van der Waals surface area contributed by atoms with Gasteiger partial charge in [0.15, 0.2) is 6.10 Å². The van der Waals surface area contributed by atoms with Gasteiger partial charge in [-0.15, -0.1) is 0 Å². The molecule has 1 atom stereocenters. The van der Waals surface area contributed by atoms with E-state index in [9.17, 15) is 14.4 Å². The van der Waals surface area contributed by atoms with E-state index in [0.717, 1.165) is 173 Å². The van der Waals surface area contributed by atoms with Crippen molar-refractivity contribution in [3.05, 3.63) is 158 Å². The molecular formula is C71H112O6. The molecule has 0 bridgehead atoms. The molecule has 0 saturated carbocycles. The van der Waals surface area contributed by atoms with Crippen molar-refractivity contribution in [3.8, 4) is 0 Å². The Bertz CT molecular complexity index is 1740. The van der Waals surface area contributed by atoms with Gasteiger partial charge in [0.1, 0.15) is 13.2 Å². The summed E-state index contributed by atoms with van der Waals surface area (Å²) in [5.74, 6) is -0.974. The lowest BCUT2D eigenvalue weighted by Gasteiger charge is -2.18. The van der Waals surface area contributed by atoms with Crippen LogP contribution in [0.1, 0.15) is 252 Å². The van der Waals surface area contributed by atoms with Crippen LogP contribution >= 0.6 is 0 Å². The van der Waals surface area contributed by atoms with Gasteiger partial charge in [-0.05, 0) is 148 Å². The van der Waals surface area contributed by atoms with E-state index in [1.807, 2.05) is 0 Å². The summed E-state index contributed by atoms with van der Waals surface area (Å²) in [4.78, 5) is 38.3. The molecule has 0 heterocycles. The van der Waals surface area contributed by atoms with E-state index in [4.69, 9.17) is 14.2 Å². The van der Waals surface area contributed by atoms with Gasteiger partial charge in [0.05, 0.1) is 0 Å². The molecule has 0 saturated heterocycles. The summed E-state index contributed by atoms with van der Waals surface area (Å²) in [6, 6.07) is 0. The second kappa shape index (κ2) is 63.6. The van der Waals surface area contributed by atoms with Gasteiger partial charge in [-0.1, -0.05) is 243 Å². The number of rotatable bonds is 54. The highest BCUT2D eigenvalue weighted by Gasteiger charge is 2.19. The third kappa shape index (κ3) is 61.8. The highest BCUT2D eigenvalue weighted by molar-refractivity contribution is 5.71. The molecule has 0 N–H and O–H groups in total. The number of unbranched alkanes of at least 4 members (excludes halogenated alkanes) is 17. The molecule has 0 aromatic carbocycles. The molecule has 6 nitrogen and oxygen atoms in total. The van der Waals surface area contributed by atoms with E-state index in [1.54, 1.807) is 0 Å². The van der Waals surface area contributed by atoms with Crippen molar-refractivity contribution in [1.29, 1.82) is 0 Å². The Balaban J connectivity index is 4.51. The molecule has 0 spiro atoms. The van der Waals surface area contributed by atoms with Crippen molar-refractivity contribution >= 4 is 17.9 Å². The first-order valence-electron chi connectivity index (χ1n) is 31.0. The minimum Gasteiger partial charge on any atom is -0.462 e. The normalized spacial score (nSPS) is 13.2. The monoisotopic (exact) mass is 1060 g/mol. The largest absolute Gasteiger partial charge is 0.462 e. The number of ether oxygens (including phenoxy) is 3. The van der Waals surface area contributed by atoms with E-state index >= 15 is 0 Å². The first-order valence-corrected chi connectivity index (χ1v) is 31.0. The molecule has 432 valence electrons. The van der Waals surface area contributed by atoms with Crippen LogP contribution in [-0.2, 0) is 28.6 Å².